The van der Waals surface area contributed by atoms with Crippen LogP contribution in [0.15, 0.2) is 152 Å². The van der Waals surface area contributed by atoms with E-state index in [0.717, 1.165) is 213 Å². The molecule has 0 aliphatic carbocycles. The molecule has 0 spiro atoms. The molecule has 0 atom stereocenters. The number of hydrogen-bond donors (Lipinski definition) is 7. The topological polar surface area (TPSA) is 165 Å². The van der Waals surface area contributed by atoms with Gasteiger partial charge in [-0.05, 0) is 316 Å². The van der Waals surface area contributed by atoms with Crippen molar-refractivity contribution in [3.05, 3.63) is 177 Å². The zero-order valence-electron chi connectivity index (χ0n) is 78.2. The lowest BCUT2D eigenvalue weighted by atomic mass is 10.1. The molecule has 10 aromatic rings. The van der Waals surface area contributed by atoms with Crippen molar-refractivity contribution in [2.75, 3.05) is 184 Å². The van der Waals surface area contributed by atoms with Gasteiger partial charge in [0.2, 0.25) is 0 Å². The van der Waals surface area contributed by atoms with Gasteiger partial charge < -0.3 is 61.7 Å². The minimum atomic E-state index is 0.723. The van der Waals surface area contributed by atoms with E-state index in [1.165, 1.54) is 207 Å². The van der Waals surface area contributed by atoms with Crippen LogP contribution in [0.1, 0.15) is 223 Å². The maximum absolute atomic E-state index is 6.05. The number of unbranched alkanes of at least 4 members (excludes halogenated alkanes) is 17. The van der Waals surface area contributed by atoms with Crippen molar-refractivity contribution in [1.82, 2.24) is 60.1 Å². The average molecular weight is 1810 g/mol. The standard InChI is InChI=1S/C23H36ClN3.C21H33ClN4.C21H32ClN3.C19H29ClN4.C19H28ClN3/c1-3-27(4-2)18-12-10-8-6-5-7-9-11-16-25-22-15-17-26-23-19-20(24)13-14-21(22)23;1-3-26(4-2)16-8-13-23-12-6-5-7-14-24-20-11-15-25-21-17-18(22)9-10-19(20)21;1-3-25(4-2)16-10-8-6-5-7-9-14-23-20-13-15-24-21-17-18(22)11-12-19(20)21;1-3-24(4-2)14-6-11-21-10-5-12-22-18-9-13-23-19-15-16(20)7-8-17(18)19;1-3-23(4-2)14-8-6-5-7-12-21-18-11-13-22-19-15-16(20)9-10-17(18)19/h13-15,17,19H,3-12,16,18H2,1-2H3,(H,25,26);9-11,15,17,23H,3-8,12-14,16H2,1-2H3,(H,24,25);11-13,15,17H,3-10,14,16H2,1-2H3,(H,23,24);7-9,13,15,21H,3-6,10-12,14H2,1-2H3,(H,22,23);9-11,13,15H,3-8,12,14H2,1-2H3,(H,21,22). The van der Waals surface area contributed by atoms with E-state index in [9.17, 15) is 0 Å². The molecule has 7 N–H and O–H groups in total. The summed E-state index contributed by atoms with van der Waals surface area (Å²) in [4.78, 5) is 34.4. The Bertz CT molecular complexity index is 4420. The molecule has 0 amide bonds. The van der Waals surface area contributed by atoms with Crippen molar-refractivity contribution in [1.29, 1.82) is 0 Å². The normalized spacial score (nSPS) is 11.4. The van der Waals surface area contributed by atoms with Crippen LogP contribution in [0.25, 0.3) is 54.5 Å². The average Bonchev–Trinajstić information content (AvgIpc) is 0.847. The van der Waals surface area contributed by atoms with Gasteiger partial charge in [-0.2, -0.15) is 0 Å². The first-order chi connectivity index (χ1) is 61.2. The number of pyridine rings is 5. The predicted octanol–water partition coefficient (Wildman–Crippen LogP) is 26.8. The molecule has 0 radical (unpaired) electrons. The molecular formula is C103H158Cl5N17. The smallest absolute Gasteiger partial charge is 0.0737 e. The Kier molecular flexibility index (Phi) is 57.9. The summed E-state index contributed by atoms with van der Waals surface area (Å²) in [6.45, 7) is 49.6. The molecule has 0 saturated heterocycles. The Balaban J connectivity index is 0.000000242. The Labute approximate surface area is 780 Å². The van der Waals surface area contributed by atoms with Gasteiger partial charge in [-0.15, -0.1) is 0 Å². The van der Waals surface area contributed by atoms with Crippen LogP contribution in [0.5, 0.6) is 0 Å². The summed E-state index contributed by atoms with van der Waals surface area (Å²) in [6, 6.07) is 39.6. The van der Waals surface area contributed by atoms with Crippen molar-refractivity contribution in [3.63, 3.8) is 0 Å². The first kappa shape index (κ1) is 107. The molecule has 0 bridgehead atoms. The van der Waals surface area contributed by atoms with Crippen molar-refractivity contribution < 1.29 is 0 Å². The predicted molar refractivity (Wildman–Crippen MR) is 552 cm³/mol. The van der Waals surface area contributed by atoms with Crippen LogP contribution in [0.2, 0.25) is 25.1 Å². The number of hydrogen-bond acceptors (Lipinski definition) is 17. The van der Waals surface area contributed by atoms with E-state index in [0.29, 0.717) is 0 Å². The SMILES string of the molecule is CCN(CC)CCCCCCCCCCNc1ccnc2cc(Cl)ccc12.CCN(CC)CCCCCCCCNc1ccnc2cc(Cl)ccc12.CCN(CC)CCCCCCNc1ccnc2cc(Cl)ccc12.CCN(CC)CCCNCCCCCNc1ccnc2cc(Cl)ccc12.CCN(CC)CCCNCCCNc1ccnc2cc(Cl)ccc12. The van der Waals surface area contributed by atoms with Crippen LogP contribution in [0, 0.1) is 0 Å². The third-order valence-corrected chi connectivity index (χ3v) is 24.7. The van der Waals surface area contributed by atoms with Gasteiger partial charge in [-0.25, -0.2) is 0 Å². The third kappa shape index (κ3) is 44.0. The van der Waals surface area contributed by atoms with Gasteiger partial charge in [0.1, 0.15) is 0 Å². The Morgan fingerprint density at radius 2 is 0.376 bits per heavy atom. The summed E-state index contributed by atoms with van der Waals surface area (Å²) < 4.78 is 0. The second-order valence-electron chi connectivity index (χ2n) is 32.4. The van der Waals surface area contributed by atoms with Crippen LogP contribution in [0.4, 0.5) is 28.4 Å². The highest BCUT2D eigenvalue weighted by atomic mass is 35.5. The van der Waals surface area contributed by atoms with Crippen molar-refractivity contribution in [3.8, 4) is 0 Å². The van der Waals surface area contributed by atoms with Gasteiger partial charge in [0.05, 0.1) is 27.6 Å². The zero-order valence-corrected chi connectivity index (χ0v) is 82.0. The highest BCUT2D eigenvalue weighted by Crippen LogP contribution is 2.30. The molecule has 5 heterocycles. The number of benzene rings is 5. The lowest BCUT2D eigenvalue weighted by Crippen LogP contribution is -2.27. The Morgan fingerprint density at radius 1 is 0.200 bits per heavy atom. The monoisotopic (exact) mass is 1810 g/mol. The summed E-state index contributed by atoms with van der Waals surface area (Å²) in [6.07, 6.45) is 40.2. The molecular weight excluding hydrogens is 1650 g/mol. The summed E-state index contributed by atoms with van der Waals surface area (Å²) in [5.74, 6) is 0. The quantitative estimate of drug-likeness (QED) is 0.0180. The minimum Gasteiger partial charge on any atom is -0.384 e. The summed E-state index contributed by atoms with van der Waals surface area (Å²) in [5.41, 5.74) is 10.4. The van der Waals surface area contributed by atoms with E-state index in [1.807, 2.05) is 146 Å². The second-order valence-corrected chi connectivity index (χ2v) is 34.5. The molecule has 0 aliphatic heterocycles. The highest BCUT2D eigenvalue weighted by Gasteiger charge is 2.11. The number of nitrogens with one attached hydrogen (secondary N) is 7. The van der Waals surface area contributed by atoms with Crippen molar-refractivity contribution in [2.45, 2.75) is 223 Å². The minimum absolute atomic E-state index is 0.723. The highest BCUT2D eigenvalue weighted by molar-refractivity contribution is 6.33. The lowest BCUT2D eigenvalue weighted by molar-refractivity contribution is 0.295. The summed E-state index contributed by atoms with van der Waals surface area (Å²) in [5, 5.41) is 34.1. The Morgan fingerprint density at radius 3 is 0.608 bits per heavy atom. The summed E-state index contributed by atoms with van der Waals surface area (Å²) in [7, 11) is 0. The maximum atomic E-state index is 6.05. The molecule has 0 unspecified atom stereocenters. The largest absolute Gasteiger partial charge is 0.384 e. The molecule has 5 aromatic carbocycles. The van der Waals surface area contributed by atoms with Crippen LogP contribution >= 0.6 is 58.0 Å². The van der Waals surface area contributed by atoms with Gasteiger partial charge in [-0.3, -0.25) is 24.9 Å². The molecule has 10 rings (SSSR count). The van der Waals surface area contributed by atoms with Gasteiger partial charge in [-0.1, -0.05) is 211 Å². The van der Waals surface area contributed by atoms with Crippen LogP contribution < -0.4 is 37.2 Å². The van der Waals surface area contributed by atoms with E-state index in [1.54, 1.807) is 0 Å². The number of rotatable bonds is 60. The van der Waals surface area contributed by atoms with Crippen molar-refractivity contribution >= 4 is 141 Å². The Hall–Kier alpha value is -6.68. The van der Waals surface area contributed by atoms with Gasteiger partial charge in [0.25, 0.3) is 0 Å². The van der Waals surface area contributed by atoms with Gasteiger partial charge in [0, 0.05) is 144 Å². The molecule has 5 aromatic heterocycles. The lowest BCUT2D eigenvalue weighted by Gasteiger charge is -2.17. The van der Waals surface area contributed by atoms with E-state index in [2.05, 4.69) is 162 Å². The third-order valence-electron chi connectivity index (χ3n) is 23.5. The van der Waals surface area contributed by atoms with E-state index in [4.69, 9.17) is 58.0 Å². The number of aromatic nitrogens is 5. The second kappa shape index (κ2) is 67.5. The van der Waals surface area contributed by atoms with E-state index < -0.39 is 0 Å². The first-order valence-corrected chi connectivity index (χ1v) is 50.0. The first-order valence-electron chi connectivity index (χ1n) is 48.2. The molecule has 0 fully saturated rings. The van der Waals surface area contributed by atoms with E-state index >= 15 is 0 Å². The number of fused-ring (bicyclic) bond motifs is 5. The van der Waals surface area contributed by atoms with Crippen molar-refractivity contribution in [2.24, 2.45) is 0 Å². The molecule has 0 saturated carbocycles. The number of halogens is 5. The molecule has 17 nitrogen and oxygen atoms in total. The van der Waals surface area contributed by atoms with E-state index in [-0.39, 0.29) is 0 Å². The fourth-order valence-corrected chi connectivity index (χ4v) is 16.4. The van der Waals surface area contributed by atoms with Gasteiger partial charge in [0.15, 0.2) is 0 Å². The maximum Gasteiger partial charge on any atom is 0.0737 e. The molecule has 0 aliphatic rings. The molecule has 125 heavy (non-hydrogen) atoms. The van der Waals surface area contributed by atoms with Crippen LogP contribution in [-0.2, 0) is 0 Å². The number of nitrogens with zero attached hydrogens (tertiary/aromatic N) is 10. The zero-order chi connectivity index (χ0) is 89.5. The fraction of sp³-hybridized carbons (Fsp3) is 0.563. The molecule has 22 heteroatoms. The molecule has 690 valence electrons. The van der Waals surface area contributed by atoms with Crippen LogP contribution in [-0.4, -0.2) is 206 Å². The number of anilines is 5. The van der Waals surface area contributed by atoms with Gasteiger partial charge >= 0.3 is 0 Å². The van der Waals surface area contributed by atoms with Crippen LogP contribution in [0.3, 0.4) is 0 Å². The fourth-order valence-electron chi connectivity index (χ4n) is 15.6. The summed E-state index contributed by atoms with van der Waals surface area (Å²) >= 11 is 30.2.